The van der Waals surface area contributed by atoms with Crippen LogP contribution < -0.4 is 16.4 Å². The molecule has 4 aromatic rings. The van der Waals surface area contributed by atoms with Gasteiger partial charge in [0.05, 0.1) is 5.69 Å². The molecule has 36 heavy (non-hydrogen) atoms. The second-order valence-electron chi connectivity index (χ2n) is 9.13. The Morgan fingerprint density at radius 3 is 2.75 bits per heavy atom. The van der Waals surface area contributed by atoms with Crippen LogP contribution in [0.25, 0.3) is 21.9 Å². The number of rotatable bonds is 3. The number of nitrogens with zero attached hydrogens (tertiary/aromatic N) is 5. The first-order valence-corrected chi connectivity index (χ1v) is 11.5. The van der Waals surface area contributed by atoms with E-state index >= 15 is 4.39 Å². The van der Waals surface area contributed by atoms with Crippen LogP contribution in [0.2, 0.25) is 0 Å². The fourth-order valence-electron chi connectivity index (χ4n) is 4.85. The normalized spacial score (nSPS) is 15.0. The van der Waals surface area contributed by atoms with E-state index in [1.54, 1.807) is 28.8 Å². The van der Waals surface area contributed by atoms with Crippen LogP contribution in [0.1, 0.15) is 27.3 Å². The molecule has 10 nitrogen and oxygen atoms in total. The van der Waals surface area contributed by atoms with Crippen molar-refractivity contribution in [2.45, 2.75) is 26.4 Å². The number of hydrogen-bond donors (Lipinski definition) is 3. The molecule has 4 N–H and O–H groups in total. The second kappa shape index (κ2) is 8.01. The van der Waals surface area contributed by atoms with Gasteiger partial charge < -0.3 is 21.3 Å². The molecule has 11 heteroatoms. The van der Waals surface area contributed by atoms with Crippen molar-refractivity contribution in [2.24, 2.45) is 0 Å². The first-order valence-electron chi connectivity index (χ1n) is 11.5. The average Bonchev–Trinajstić information content (AvgIpc) is 3.30. The molecule has 0 unspecified atom stereocenters. The number of aromatic nitrogens is 4. The van der Waals surface area contributed by atoms with Crippen LogP contribution in [0.5, 0.6) is 0 Å². The lowest BCUT2D eigenvalue weighted by Crippen LogP contribution is -2.25. The lowest BCUT2D eigenvalue weighted by Gasteiger charge is -2.14. The Bertz CT molecular complexity index is 1600. The number of benzene rings is 1. The maximum Gasteiger partial charge on any atom is 0.272 e. The summed E-state index contributed by atoms with van der Waals surface area (Å²) in [6, 6.07) is 5.38. The number of anilines is 3. The molecule has 0 atom stereocenters. The summed E-state index contributed by atoms with van der Waals surface area (Å²) in [4.78, 5) is 34.4. The molecular formula is C25H23FN8O2. The van der Waals surface area contributed by atoms with Gasteiger partial charge in [-0.1, -0.05) is 0 Å². The molecule has 0 radical (unpaired) electrons. The van der Waals surface area contributed by atoms with Crippen LogP contribution >= 0.6 is 0 Å². The van der Waals surface area contributed by atoms with E-state index in [0.29, 0.717) is 58.7 Å². The molecule has 2 amide bonds. The number of fused-ring (bicyclic) bond motifs is 3. The Hall–Kier alpha value is -4.54. The van der Waals surface area contributed by atoms with E-state index in [-0.39, 0.29) is 24.0 Å². The summed E-state index contributed by atoms with van der Waals surface area (Å²) in [6.07, 6.45) is 3.74. The highest BCUT2D eigenvalue weighted by Gasteiger charge is 2.29. The summed E-state index contributed by atoms with van der Waals surface area (Å²) in [5.41, 5.74) is 10.0. The number of pyridine rings is 2. The average molecular weight is 487 g/mol. The fraction of sp³-hybridized carbons (Fsp3) is 0.240. The molecule has 0 saturated heterocycles. The van der Waals surface area contributed by atoms with Crippen LogP contribution in [0.4, 0.5) is 21.7 Å². The number of carbonyl (C=O) groups excluding carboxylic acids is 2. The third-order valence-electron chi connectivity index (χ3n) is 6.82. The van der Waals surface area contributed by atoms with Crippen molar-refractivity contribution in [2.75, 3.05) is 24.6 Å². The highest BCUT2D eigenvalue weighted by Crippen LogP contribution is 2.37. The Morgan fingerprint density at radius 1 is 1.08 bits per heavy atom. The van der Waals surface area contributed by atoms with Crippen molar-refractivity contribution in [3.05, 3.63) is 58.9 Å². The van der Waals surface area contributed by atoms with Crippen molar-refractivity contribution in [1.29, 1.82) is 0 Å². The summed E-state index contributed by atoms with van der Waals surface area (Å²) in [7, 11) is 1.71. The minimum atomic E-state index is -0.552. The summed E-state index contributed by atoms with van der Waals surface area (Å²) >= 11 is 0. The van der Waals surface area contributed by atoms with E-state index in [2.05, 4.69) is 25.7 Å². The second-order valence-corrected chi connectivity index (χ2v) is 9.13. The molecule has 2 aliphatic heterocycles. The van der Waals surface area contributed by atoms with Gasteiger partial charge in [0.1, 0.15) is 18.1 Å². The van der Waals surface area contributed by atoms with Gasteiger partial charge in [-0.05, 0) is 30.0 Å². The van der Waals surface area contributed by atoms with Gasteiger partial charge in [-0.25, -0.2) is 9.37 Å². The Kier molecular flexibility index (Phi) is 4.88. The maximum atomic E-state index is 15.4. The van der Waals surface area contributed by atoms with E-state index in [1.807, 2.05) is 13.0 Å². The quantitative estimate of drug-likeness (QED) is 0.379. The highest BCUT2D eigenvalue weighted by atomic mass is 19.1. The number of amides is 2. The van der Waals surface area contributed by atoms with Gasteiger partial charge in [0, 0.05) is 72.8 Å². The smallest absolute Gasteiger partial charge is 0.272 e. The predicted octanol–water partition coefficient (Wildman–Crippen LogP) is 2.52. The van der Waals surface area contributed by atoms with Gasteiger partial charge >= 0.3 is 0 Å². The van der Waals surface area contributed by atoms with Crippen LogP contribution in [-0.4, -0.2) is 50.1 Å². The van der Waals surface area contributed by atoms with Crippen LogP contribution in [0, 0.1) is 12.7 Å². The van der Waals surface area contributed by atoms with Crippen molar-refractivity contribution < 1.29 is 14.0 Å². The van der Waals surface area contributed by atoms with E-state index in [4.69, 9.17) is 5.73 Å². The highest BCUT2D eigenvalue weighted by molar-refractivity contribution is 6.00. The standard InChI is InChI=1S/C25H23FN8O2/c1-12-16(8-30-24-18(12)10-33(2)25(24)36)15-5-13-6-19(29-9-17(13)23(27)22(15)26)31-20-7-14-3-4-28-21(35)11-34(14)32-20/h5-9H,3-4,10-11,27H2,1-2H3,(H,28,35)(H,29,31,32). The monoisotopic (exact) mass is 486 g/mol. The van der Waals surface area contributed by atoms with Crippen molar-refractivity contribution in [3.8, 4) is 11.1 Å². The van der Waals surface area contributed by atoms with E-state index < -0.39 is 5.82 Å². The molecule has 6 rings (SSSR count). The zero-order valence-corrected chi connectivity index (χ0v) is 19.7. The molecule has 0 bridgehead atoms. The number of nitrogens with two attached hydrogens (primary N) is 1. The lowest BCUT2D eigenvalue weighted by molar-refractivity contribution is -0.121. The Morgan fingerprint density at radius 2 is 1.92 bits per heavy atom. The summed E-state index contributed by atoms with van der Waals surface area (Å²) in [6.45, 7) is 3.02. The number of carbonyl (C=O) groups is 2. The van der Waals surface area contributed by atoms with Crippen LogP contribution in [0.3, 0.4) is 0 Å². The largest absolute Gasteiger partial charge is 0.396 e. The van der Waals surface area contributed by atoms with E-state index in [0.717, 1.165) is 16.8 Å². The number of nitrogen functional groups attached to an aromatic ring is 1. The summed E-state index contributed by atoms with van der Waals surface area (Å²) in [5, 5.41) is 11.6. The molecule has 0 aliphatic carbocycles. The first kappa shape index (κ1) is 22.0. The van der Waals surface area contributed by atoms with Crippen LogP contribution in [0.15, 0.2) is 30.6 Å². The summed E-state index contributed by atoms with van der Waals surface area (Å²) < 4.78 is 17.1. The van der Waals surface area contributed by atoms with Gasteiger partial charge in [0.15, 0.2) is 11.6 Å². The minimum absolute atomic E-state index is 0.00522. The molecule has 1 aromatic carbocycles. The third kappa shape index (κ3) is 3.43. The molecule has 0 saturated carbocycles. The topological polar surface area (TPSA) is 131 Å². The summed E-state index contributed by atoms with van der Waals surface area (Å²) in [5.74, 6) is 0.299. The molecule has 182 valence electrons. The molecular weight excluding hydrogens is 463 g/mol. The molecule has 0 fully saturated rings. The van der Waals surface area contributed by atoms with Gasteiger partial charge in [0.25, 0.3) is 5.91 Å². The Labute approximate surface area is 205 Å². The fourth-order valence-corrected chi connectivity index (χ4v) is 4.85. The third-order valence-corrected chi connectivity index (χ3v) is 6.82. The van der Waals surface area contributed by atoms with Crippen molar-refractivity contribution >= 4 is 39.9 Å². The molecule has 5 heterocycles. The molecule has 0 spiro atoms. The van der Waals surface area contributed by atoms with Gasteiger partial charge in [-0.2, -0.15) is 5.10 Å². The van der Waals surface area contributed by atoms with E-state index in [9.17, 15) is 9.59 Å². The SMILES string of the molecule is Cc1c(-c2cc3cc(Nc4cc5n(n4)CC(=O)NCC5)ncc3c(N)c2F)cnc2c1CN(C)C2=O. The van der Waals surface area contributed by atoms with Gasteiger partial charge in [-0.15, -0.1) is 0 Å². The van der Waals surface area contributed by atoms with Crippen molar-refractivity contribution in [3.63, 3.8) is 0 Å². The van der Waals surface area contributed by atoms with Crippen LogP contribution in [-0.2, 0) is 24.3 Å². The van der Waals surface area contributed by atoms with Crippen molar-refractivity contribution in [1.82, 2.24) is 30.0 Å². The first-order chi connectivity index (χ1) is 17.3. The van der Waals surface area contributed by atoms with E-state index in [1.165, 1.54) is 12.4 Å². The number of halogens is 1. The predicted molar refractivity (Wildman–Crippen MR) is 132 cm³/mol. The number of hydrogen-bond acceptors (Lipinski definition) is 7. The molecule has 3 aromatic heterocycles. The minimum Gasteiger partial charge on any atom is -0.396 e. The lowest BCUT2D eigenvalue weighted by atomic mass is 9.95. The zero-order chi connectivity index (χ0) is 25.1. The number of nitrogens with one attached hydrogen (secondary N) is 2. The maximum absolute atomic E-state index is 15.4. The zero-order valence-electron chi connectivity index (χ0n) is 19.7. The Balaban J connectivity index is 1.39. The van der Waals surface area contributed by atoms with Gasteiger partial charge in [-0.3, -0.25) is 19.3 Å². The van der Waals surface area contributed by atoms with Gasteiger partial charge in [0.2, 0.25) is 5.91 Å². The molecule has 2 aliphatic rings.